The van der Waals surface area contributed by atoms with Crippen LogP contribution < -0.4 is 4.74 Å². The highest BCUT2D eigenvalue weighted by Gasteiger charge is 2.17. The number of hydrogen-bond acceptors (Lipinski definition) is 6. The van der Waals surface area contributed by atoms with Crippen molar-refractivity contribution in [1.29, 1.82) is 0 Å². The SMILES string of the molecule is CCc1nc(COc2ccc([N+](=O)[O-])cc2C(=O)O)cs1. The summed E-state index contributed by atoms with van der Waals surface area (Å²) in [5, 5.41) is 22.6. The van der Waals surface area contributed by atoms with E-state index in [-0.39, 0.29) is 23.6 Å². The number of nitro groups is 1. The van der Waals surface area contributed by atoms with Crippen molar-refractivity contribution < 1.29 is 19.6 Å². The third-order valence-electron chi connectivity index (χ3n) is 2.68. The van der Waals surface area contributed by atoms with Crippen LogP contribution in [0.3, 0.4) is 0 Å². The molecule has 2 rings (SSSR count). The maximum absolute atomic E-state index is 11.1. The minimum atomic E-state index is -1.28. The minimum absolute atomic E-state index is 0.0825. The van der Waals surface area contributed by atoms with E-state index >= 15 is 0 Å². The first-order valence-corrected chi connectivity index (χ1v) is 6.97. The molecule has 0 fully saturated rings. The first-order valence-electron chi connectivity index (χ1n) is 6.09. The number of hydrogen-bond donors (Lipinski definition) is 1. The molecule has 1 aromatic heterocycles. The van der Waals surface area contributed by atoms with E-state index in [9.17, 15) is 14.9 Å². The number of carbonyl (C=O) groups is 1. The summed E-state index contributed by atoms with van der Waals surface area (Å²) in [5.74, 6) is -1.19. The van der Waals surface area contributed by atoms with Crippen molar-refractivity contribution in [3.63, 3.8) is 0 Å². The van der Waals surface area contributed by atoms with Gasteiger partial charge in [-0.25, -0.2) is 9.78 Å². The van der Waals surface area contributed by atoms with E-state index in [0.717, 1.165) is 17.5 Å². The van der Waals surface area contributed by atoms with Crippen molar-refractivity contribution in [2.75, 3.05) is 0 Å². The molecule has 1 N–H and O–H groups in total. The lowest BCUT2D eigenvalue weighted by atomic mass is 10.2. The number of aromatic carboxylic acids is 1. The van der Waals surface area contributed by atoms with Crippen LogP contribution in [0, 0.1) is 10.1 Å². The lowest BCUT2D eigenvalue weighted by molar-refractivity contribution is -0.384. The summed E-state index contributed by atoms with van der Waals surface area (Å²) in [5.41, 5.74) is 0.170. The van der Waals surface area contributed by atoms with Crippen LogP contribution in [0.1, 0.15) is 28.0 Å². The molecule has 0 amide bonds. The van der Waals surface area contributed by atoms with Gasteiger partial charge in [-0.05, 0) is 12.5 Å². The molecule has 1 heterocycles. The number of carboxylic acids is 1. The highest BCUT2D eigenvalue weighted by atomic mass is 32.1. The van der Waals surface area contributed by atoms with Gasteiger partial charge in [0.05, 0.1) is 15.6 Å². The molecule has 2 aromatic rings. The van der Waals surface area contributed by atoms with Gasteiger partial charge in [0, 0.05) is 17.5 Å². The van der Waals surface area contributed by atoms with Crippen molar-refractivity contribution >= 4 is 23.0 Å². The van der Waals surface area contributed by atoms with Crippen LogP contribution >= 0.6 is 11.3 Å². The van der Waals surface area contributed by atoms with Crippen molar-refractivity contribution in [2.45, 2.75) is 20.0 Å². The zero-order valence-electron chi connectivity index (χ0n) is 11.1. The fraction of sp³-hybridized carbons (Fsp3) is 0.231. The van der Waals surface area contributed by atoms with E-state index in [4.69, 9.17) is 9.84 Å². The van der Waals surface area contributed by atoms with Crippen LogP contribution in [0.25, 0.3) is 0 Å². The molecule has 0 saturated carbocycles. The summed E-state index contributed by atoms with van der Waals surface area (Å²) in [4.78, 5) is 25.5. The number of aryl methyl sites for hydroxylation is 1. The Labute approximate surface area is 124 Å². The Morgan fingerprint density at radius 1 is 1.52 bits per heavy atom. The smallest absolute Gasteiger partial charge is 0.339 e. The summed E-state index contributed by atoms with van der Waals surface area (Å²) >= 11 is 1.50. The van der Waals surface area contributed by atoms with Crippen LogP contribution in [-0.2, 0) is 13.0 Å². The average molecular weight is 308 g/mol. The lowest BCUT2D eigenvalue weighted by Crippen LogP contribution is -2.04. The molecule has 0 radical (unpaired) electrons. The van der Waals surface area contributed by atoms with Gasteiger partial charge in [0.2, 0.25) is 0 Å². The molecule has 8 heteroatoms. The van der Waals surface area contributed by atoms with Gasteiger partial charge in [0.1, 0.15) is 17.9 Å². The molecule has 21 heavy (non-hydrogen) atoms. The minimum Gasteiger partial charge on any atom is -0.486 e. The van der Waals surface area contributed by atoms with Crippen molar-refractivity contribution in [3.05, 3.63) is 50.0 Å². The number of rotatable bonds is 6. The highest BCUT2D eigenvalue weighted by Crippen LogP contribution is 2.25. The second kappa shape index (κ2) is 6.31. The number of non-ortho nitro benzene ring substituents is 1. The van der Waals surface area contributed by atoms with Gasteiger partial charge in [-0.15, -0.1) is 11.3 Å². The summed E-state index contributed by atoms with van der Waals surface area (Å²) in [6, 6.07) is 3.48. The molecule has 7 nitrogen and oxygen atoms in total. The number of aromatic nitrogens is 1. The Morgan fingerprint density at radius 3 is 2.86 bits per heavy atom. The molecule has 0 atom stereocenters. The molecule has 0 unspecified atom stereocenters. The van der Waals surface area contributed by atoms with Crippen LogP contribution in [-0.4, -0.2) is 21.0 Å². The van der Waals surface area contributed by atoms with Gasteiger partial charge in [-0.1, -0.05) is 6.92 Å². The van der Waals surface area contributed by atoms with E-state index < -0.39 is 10.9 Å². The quantitative estimate of drug-likeness (QED) is 0.650. The Kier molecular flexibility index (Phi) is 4.49. The molecule has 0 spiro atoms. The van der Waals surface area contributed by atoms with Crippen LogP contribution in [0.2, 0.25) is 0 Å². The molecule has 0 aliphatic rings. The van der Waals surface area contributed by atoms with E-state index in [1.165, 1.54) is 23.5 Å². The van der Waals surface area contributed by atoms with Crippen LogP contribution in [0.15, 0.2) is 23.6 Å². The Balaban J connectivity index is 2.19. The molecule has 0 bridgehead atoms. The standard InChI is InChI=1S/C13H12N2O5S/c1-2-12-14-8(7-21-12)6-20-11-4-3-9(15(18)19)5-10(11)13(16)17/h3-5,7H,2,6H2,1H3,(H,16,17). The number of thiazole rings is 1. The first kappa shape index (κ1) is 14.9. The van der Waals surface area contributed by atoms with Crippen molar-refractivity contribution in [1.82, 2.24) is 4.98 Å². The molecular weight excluding hydrogens is 296 g/mol. The van der Waals surface area contributed by atoms with Crippen molar-refractivity contribution in [2.24, 2.45) is 0 Å². The maximum atomic E-state index is 11.1. The molecule has 0 saturated heterocycles. The van der Waals surface area contributed by atoms with E-state index in [1.807, 2.05) is 12.3 Å². The van der Waals surface area contributed by atoms with Gasteiger partial charge in [-0.3, -0.25) is 10.1 Å². The summed E-state index contributed by atoms with van der Waals surface area (Å²) in [6.45, 7) is 2.11. The van der Waals surface area contributed by atoms with E-state index in [2.05, 4.69) is 4.98 Å². The summed E-state index contributed by atoms with van der Waals surface area (Å²) in [6.07, 6.45) is 0.822. The fourth-order valence-corrected chi connectivity index (χ4v) is 2.38. The molecule has 0 aliphatic carbocycles. The number of benzene rings is 1. The molecule has 110 valence electrons. The number of nitro benzene ring substituents is 1. The fourth-order valence-electron chi connectivity index (χ4n) is 1.65. The Hall–Kier alpha value is -2.48. The number of nitrogens with zero attached hydrogens (tertiary/aromatic N) is 2. The second-order valence-electron chi connectivity index (χ2n) is 4.12. The van der Waals surface area contributed by atoms with Gasteiger partial charge in [-0.2, -0.15) is 0 Å². The number of ether oxygens (including phenoxy) is 1. The monoisotopic (exact) mass is 308 g/mol. The predicted octanol–water partition coefficient (Wildman–Crippen LogP) is 2.89. The van der Waals surface area contributed by atoms with Gasteiger partial charge in [0.15, 0.2) is 0 Å². The Bertz CT molecular complexity index is 683. The van der Waals surface area contributed by atoms with Gasteiger partial charge < -0.3 is 9.84 Å². The largest absolute Gasteiger partial charge is 0.486 e. The van der Waals surface area contributed by atoms with Gasteiger partial charge in [0.25, 0.3) is 5.69 Å². The first-order chi connectivity index (χ1) is 10.0. The zero-order chi connectivity index (χ0) is 15.4. The number of carboxylic acid groups (broad SMARTS) is 1. The molecular formula is C13H12N2O5S. The van der Waals surface area contributed by atoms with E-state index in [1.54, 1.807) is 0 Å². The third kappa shape index (κ3) is 3.54. The van der Waals surface area contributed by atoms with Crippen LogP contribution in [0.4, 0.5) is 5.69 Å². The molecule has 1 aromatic carbocycles. The van der Waals surface area contributed by atoms with Gasteiger partial charge >= 0.3 is 5.97 Å². The third-order valence-corrected chi connectivity index (χ3v) is 3.72. The topological polar surface area (TPSA) is 103 Å². The highest BCUT2D eigenvalue weighted by molar-refractivity contribution is 7.09. The summed E-state index contributed by atoms with van der Waals surface area (Å²) in [7, 11) is 0. The maximum Gasteiger partial charge on any atom is 0.339 e. The normalized spacial score (nSPS) is 10.3. The average Bonchev–Trinajstić information content (AvgIpc) is 2.92. The zero-order valence-corrected chi connectivity index (χ0v) is 11.9. The Morgan fingerprint density at radius 2 is 2.29 bits per heavy atom. The second-order valence-corrected chi connectivity index (χ2v) is 5.06. The van der Waals surface area contributed by atoms with Crippen LogP contribution in [0.5, 0.6) is 5.75 Å². The molecule has 0 aliphatic heterocycles. The predicted molar refractivity (Wildman–Crippen MR) is 75.9 cm³/mol. The summed E-state index contributed by atoms with van der Waals surface area (Å²) < 4.78 is 5.42. The van der Waals surface area contributed by atoms with E-state index in [0.29, 0.717) is 5.69 Å². The lowest BCUT2D eigenvalue weighted by Gasteiger charge is -2.07. The van der Waals surface area contributed by atoms with Crippen molar-refractivity contribution in [3.8, 4) is 5.75 Å².